The van der Waals surface area contributed by atoms with Crippen LogP contribution < -0.4 is 0 Å². The Labute approximate surface area is 148 Å². The fourth-order valence-electron chi connectivity index (χ4n) is 3.42. The summed E-state index contributed by atoms with van der Waals surface area (Å²) in [6.45, 7) is 6.46. The van der Waals surface area contributed by atoms with Gasteiger partial charge < -0.3 is 9.32 Å². The van der Waals surface area contributed by atoms with E-state index in [-0.39, 0.29) is 5.69 Å². The molecule has 1 aromatic carbocycles. The Kier molecular flexibility index (Phi) is 5.50. The van der Waals surface area contributed by atoms with Crippen LogP contribution in [0.3, 0.4) is 0 Å². The molecule has 0 amide bonds. The van der Waals surface area contributed by atoms with E-state index in [1.807, 2.05) is 12.1 Å². The molecule has 0 atom stereocenters. The molecule has 1 fully saturated rings. The van der Waals surface area contributed by atoms with Crippen molar-refractivity contribution in [1.29, 1.82) is 0 Å². The molecule has 1 aliphatic rings. The molecule has 0 aliphatic carbocycles. The van der Waals surface area contributed by atoms with Crippen molar-refractivity contribution in [3.8, 4) is 11.3 Å². The first-order valence-electron chi connectivity index (χ1n) is 8.83. The highest BCUT2D eigenvalue weighted by molar-refractivity contribution is 5.59. The van der Waals surface area contributed by atoms with Crippen molar-refractivity contribution in [1.82, 2.24) is 9.80 Å². The normalized spacial score (nSPS) is 16.4. The van der Waals surface area contributed by atoms with E-state index in [4.69, 9.17) is 4.42 Å². The van der Waals surface area contributed by atoms with Gasteiger partial charge in [0.1, 0.15) is 11.5 Å². The summed E-state index contributed by atoms with van der Waals surface area (Å²) >= 11 is 0. The van der Waals surface area contributed by atoms with E-state index in [1.54, 1.807) is 12.1 Å². The third kappa shape index (κ3) is 4.27. The summed E-state index contributed by atoms with van der Waals surface area (Å²) in [4.78, 5) is 15.2. The maximum atomic E-state index is 10.7. The molecular formula is C19H25N3O3. The van der Waals surface area contributed by atoms with E-state index in [9.17, 15) is 10.1 Å². The van der Waals surface area contributed by atoms with Crippen molar-refractivity contribution in [2.24, 2.45) is 0 Å². The van der Waals surface area contributed by atoms with E-state index in [1.165, 1.54) is 25.0 Å². The number of furan rings is 1. The molecule has 6 nitrogen and oxygen atoms in total. The summed E-state index contributed by atoms with van der Waals surface area (Å²) in [5, 5.41) is 10.7. The second kappa shape index (κ2) is 7.80. The molecule has 1 saturated heterocycles. The van der Waals surface area contributed by atoms with Crippen LogP contribution >= 0.6 is 0 Å². The Morgan fingerprint density at radius 3 is 2.48 bits per heavy atom. The van der Waals surface area contributed by atoms with Gasteiger partial charge >= 0.3 is 0 Å². The van der Waals surface area contributed by atoms with Crippen LogP contribution in [0.1, 0.15) is 25.5 Å². The van der Waals surface area contributed by atoms with Crippen LogP contribution in [0.25, 0.3) is 11.3 Å². The summed E-state index contributed by atoms with van der Waals surface area (Å²) < 4.78 is 5.95. The number of nitrogens with zero attached hydrogens (tertiary/aromatic N) is 3. The number of hydrogen-bond acceptors (Lipinski definition) is 5. The van der Waals surface area contributed by atoms with Gasteiger partial charge in [-0.3, -0.25) is 15.0 Å². The van der Waals surface area contributed by atoms with Crippen molar-refractivity contribution < 1.29 is 9.34 Å². The molecule has 2 heterocycles. The molecule has 0 unspecified atom stereocenters. The number of non-ortho nitro benzene ring substituents is 1. The van der Waals surface area contributed by atoms with Crippen LogP contribution in [0.4, 0.5) is 5.69 Å². The standard InChI is InChI=1S/C19H25N3O3/c1-3-21-12-10-16(11-13-21)20(2)14-18-8-9-19(25-18)15-4-6-17(7-5-15)22(23)24/h4-9,16H,3,10-14H2,1-2H3. The molecule has 1 aliphatic heterocycles. The molecule has 0 saturated carbocycles. The van der Waals surface area contributed by atoms with Gasteiger partial charge in [0.25, 0.3) is 5.69 Å². The van der Waals surface area contributed by atoms with Gasteiger partial charge in [-0.1, -0.05) is 6.92 Å². The summed E-state index contributed by atoms with van der Waals surface area (Å²) in [6.07, 6.45) is 2.39. The van der Waals surface area contributed by atoms with Gasteiger partial charge in [-0.05, 0) is 63.8 Å². The first-order valence-corrected chi connectivity index (χ1v) is 8.83. The first kappa shape index (κ1) is 17.6. The third-order valence-electron chi connectivity index (χ3n) is 5.06. The SMILES string of the molecule is CCN1CCC(N(C)Cc2ccc(-c3ccc([N+](=O)[O-])cc3)o2)CC1. The Hall–Kier alpha value is -2.18. The molecule has 0 spiro atoms. The Bertz CT molecular complexity index is 703. The Morgan fingerprint density at radius 2 is 1.88 bits per heavy atom. The number of likely N-dealkylation sites (tertiary alicyclic amines) is 1. The number of piperidine rings is 1. The minimum atomic E-state index is -0.393. The average Bonchev–Trinajstić information content (AvgIpc) is 3.10. The lowest BCUT2D eigenvalue weighted by molar-refractivity contribution is -0.384. The van der Waals surface area contributed by atoms with Gasteiger partial charge in [0.05, 0.1) is 11.5 Å². The molecule has 0 radical (unpaired) electrons. The van der Waals surface area contributed by atoms with Crippen molar-refractivity contribution in [3.05, 3.63) is 52.3 Å². The number of nitro benzene ring substituents is 1. The van der Waals surface area contributed by atoms with Gasteiger partial charge in [0, 0.05) is 23.7 Å². The largest absolute Gasteiger partial charge is 0.460 e. The van der Waals surface area contributed by atoms with Crippen molar-refractivity contribution in [2.75, 3.05) is 26.7 Å². The molecule has 3 rings (SSSR count). The maximum absolute atomic E-state index is 10.7. The van der Waals surface area contributed by atoms with Crippen LogP contribution in [-0.2, 0) is 6.54 Å². The molecule has 0 N–H and O–H groups in total. The molecule has 1 aromatic heterocycles. The summed E-state index contributed by atoms with van der Waals surface area (Å²) in [5.41, 5.74) is 0.949. The van der Waals surface area contributed by atoms with Crippen LogP contribution in [-0.4, -0.2) is 47.4 Å². The second-order valence-electron chi connectivity index (χ2n) is 6.65. The predicted octanol–water partition coefficient (Wildman–Crippen LogP) is 3.77. The van der Waals surface area contributed by atoms with E-state index in [0.717, 1.165) is 43.3 Å². The zero-order chi connectivity index (χ0) is 17.8. The topological polar surface area (TPSA) is 62.8 Å². The minimum absolute atomic E-state index is 0.0914. The highest BCUT2D eigenvalue weighted by atomic mass is 16.6. The van der Waals surface area contributed by atoms with Gasteiger partial charge in [0.15, 0.2) is 0 Å². The van der Waals surface area contributed by atoms with Crippen LogP contribution in [0.15, 0.2) is 40.8 Å². The number of rotatable bonds is 6. The molecule has 134 valence electrons. The summed E-state index contributed by atoms with van der Waals surface area (Å²) in [6, 6.07) is 11.0. The fourth-order valence-corrected chi connectivity index (χ4v) is 3.42. The van der Waals surface area contributed by atoms with Gasteiger partial charge in [-0.25, -0.2) is 0 Å². The average molecular weight is 343 g/mol. The summed E-state index contributed by atoms with van der Waals surface area (Å²) in [5.74, 6) is 1.67. The lowest BCUT2D eigenvalue weighted by atomic mass is 10.0. The lowest BCUT2D eigenvalue weighted by Crippen LogP contribution is -2.42. The van der Waals surface area contributed by atoms with Crippen LogP contribution in [0.2, 0.25) is 0 Å². The first-order chi connectivity index (χ1) is 12.1. The number of nitro groups is 1. The molecule has 2 aromatic rings. The van der Waals surface area contributed by atoms with E-state index in [2.05, 4.69) is 23.8 Å². The Balaban J connectivity index is 1.60. The zero-order valence-electron chi connectivity index (χ0n) is 14.9. The van der Waals surface area contributed by atoms with E-state index >= 15 is 0 Å². The number of hydrogen-bond donors (Lipinski definition) is 0. The van der Waals surface area contributed by atoms with Crippen LogP contribution in [0, 0.1) is 10.1 Å². The highest BCUT2D eigenvalue weighted by Gasteiger charge is 2.22. The molecule has 0 bridgehead atoms. The minimum Gasteiger partial charge on any atom is -0.460 e. The van der Waals surface area contributed by atoms with Crippen LogP contribution in [0.5, 0.6) is 0 Å². The van der Waals surface area contributed by atoms with Crippen molar-refractivity contribution >= 4 is 5.69 Å². The third-order valence-corrected chi connectivity index (χ3v) is 5.06. The van der Waals surface area contributed by atoms with Gasteiger partial charge in [-0.15, -0.1) is 0 Å². The monoisotopic (exact) mass is 343 g/mol. The van der Waals surface area contributed by atoms with Gasteiger partial charge in [0.2, 0.25) is 0 Å². The number of benzene rings is 1. The quantitative estimate of drug-likeness (QED) is 0.590. The smallest absolute Gasteiger partial charge is 0.269 e. The van der Waals surface area contributed by atoms with Crippen molar-refractivity contribution in [3.63, 3.8) is 0 Å². The Morgan fingerprint density at radius 1 is 1.20 bits per heavy atom. The highest BCUT2D eigenvalue weighted by Crippen LogP contribution is 2.26. The van der Waals surface area contributed by atoms with Crippen molar-refractivity contribution in [2.45, 2.75) is 32.4 Å². The molecule has 6 heteroatoms. The lowest BCUT2D eigenvalue weighted by Gasteiger charge is -2.35. The summed E-state index contributed by atoms with van der Waals surface area (Å²) in [7, 11) is 2.15. The van der Waals surface area contributed by atoms with E-state index in [0.29, 0.717) is 6.04 Å². The van der Waals surface area contributed by atoms with Gasteiger partial charge in [-0.2, -0.15) is 0 Å². The maximum Gasteiger partial charge on any atom is 0.269 e. The van der Waals surface area contributed by atoms with E-state index < -0.39 is 4.92 Å². The zero-order valence-corrected chi connectivity index (χ0v) is 14.9. The molecule has 25 heavy (non-hydrogen) atoms. The second-order valence-corrected chi connectivity index (χ2v) is 6.65. The molecular weight excluding hydrogens is 318 g/mol. The predicted molar refractivity (Wildman–Crippen MR) is 97.4 cm³/mol. The fraction of sp³-hybridized carbons (Fsp3) is 0.474.